The predicted molar refractivity (Wildman–Crippen MR) is 80.6 cm³/mol. The second-order valence-electron chi connectivity index (χ2n) is 4.48. The Morgan fingerprint density at radius 2 is 2.26 bits per heavy atom. The van der Waals surface area contributed by atoms with Crippen LogP contribution in [0.25, 0.3) is 0 Å². The van der Waals surface area contributed by atoms with Gasteiger partial charge in [0.15, 0.2) is 0 Å². The molecule has 0 atom stereocenters. The topological polar surface area (TPSA) is 41.1 Å². The van der Waals surface area contributed by atoms with Crippen LogP contribution in [0.5, 0.6) is 0 Å². The van der Waals surface area contributed by atoms with Gasteiger partial charge in [0.2, 0.25) is 0 Å². The number of hydrogen-bond acceptors (Lipinski definition) is 5. The minimum Gasteiger partial charge on any atom is -0.353 e. The van der Waals surface area contributed by atoms with Crippen LogP contribution in [-0.4, -0.2) is 23.6 Å². The van der Waals surface area contributed by atoms with Gasteiger partial charge in [-0.2, -0.15) is 0 Å². The van der Waals surface area contributed by atoms with Gasteiger partial charge < -0.3 is 10.2 Å². The Hall–Kier alpha value is -1.46. The molecular formula is C14H20N4S. The van der Waals surface area contributed by atoms with E-state index in [1.807, 2.05) is 19.2 Å². The molecule has 0 unspecified atom stereocenters. The number of rotatable bonds is 6. The highest BCUT2D eigenvalue weighted by Gasteiger charge is 2.10. The molecule has 5 heteroatoms. The third-order valence-electron chi connectivity index (χ3n) is 2.86. The first-order chi connectivity index (χ1) is 9.20. The summed E-state index contributed by atoms with van der Waals surface area (Å²) in [6.07, 6.45) is 1.84. The fourth-order valence-electron chi connectivity index (χ4n) is 1.97. The van der Waals surface area contributed by atoms with Crippen molar-refractivity contribution in [3.05, 3.63) is 40.0 Å². The Kier molecular flexibility index (Phi) is 4.87. The van der Waals surface area contributed by atoms with E-state index in [1.165, 1.54) is 5.56 Å². The van der Waals surface area contributed by atoms with Crippen LogP contribution in [0.1, 0.15) is 23.2 Å². The average Bonchev–Trinajstić information content (AvgIpc) is 2.82. The van der Waals surface area contributed by atoms with Crippen LogP contribution in [0.3, 0.4) is 0 Å². The molecule has 19 heavy (non-hydrogen) atoms. The SMILES string of the molecule is CCNCc1cccnc1N(C)Cc1csc(C)n1. The molecule has 0 radical (unpaired) electrons. The van der Waals surface area contributed by atoms with Crippen molar-refractivity contribution in [1.82, 2.24) is 15.3 Å². The van der Waals surface area contributed by atoms with E-state index in [-0.39, 0.29) is 0 Å². The van der Waals surface area contributed by atoms with Crippen molar-refractivity contribution in [2.75, 3.05) is 18.5 Å². The maximum atomic E-state index is 4.50. The van der Waals surface area contributed by atoms with Gasteiger partial charge >= 0.3 is 0 Å². The molecule has 0 aliphatic rings. The second kappa shape index (κ2) is 6.63. The van der Waals surface area contributed by atoms with Crippen LogP contribution in [0.15, 0.2) is 23.7 Å². The summed E-state index contributed by atoms with van der Waals surface area (Å²) in [5.41, 5.74) is 2.32. The van der Waals surface area contributed by atoms with E-state index in [0.717, 1.165) is 36.2 Å². The highest BCUT2D eigenvalue weighted by Crippen LogP contribution is 2.18. The third kappa shape index (κ3) is 3.75. The van der Waals surface area contributed by atoms with Crippen LogP contribution in [0, 0.1) is 6.92 Å². The molecule has 2 aromatic heterocycles. The molecule has 0 saturated heterocycles. The normalized spacial score (nSPS) is 10.7. The van der Waals surface area contributed by atoms with E-state index in [9.17, 15) is 0 Å². The highest BCUT2D eigenvalue weighted by molar-refractivity contribution is 7.09. The monoisotopic (exact) mass is 276 g/mol. The van der Waals surface area contributed by atoms with Crippen molar-refractivity contribution >= 4 is 17.2 Å². The van der Waals surface area contributed by atoms with Crippen LogP contribution in [0.2, 0.25) is 0 Å². The number of aryl methyl sites for hydroxylation is 1. The number of thiazole rings is 1. The van der Waals surface area contributed by atoms with Gasteiger partial charge in [0.25, 0.3) is 0 Å². The molecule has 2 aromatic rings. The summed E-state index contributed by atoms with van der Waals surface area (Å²) >= 11 is 1.69. The predicted octanol–water partition coefficient (Wildman–Crippen LogP) is 2.59. The van der Waals surface area contributed by atoms with Gasteiger partial charge in [-0.25, -0.2) is 9.97 Å². The van der Waals surface area contributed by atoms with Crippen molar-refractivity contribution in [2.24, 2.45) is 0 Å². The quantitative estimate of drug-likeness (QED) is 0.880. The van der Waals surface area contributed by atoms with Gasteiger partial charge in [0.1, 0.15) is 5.82 Å². The second-order valence-corrected chi connectivity index (χ2v) is 5.54. The minimum absolute atomic E-state index is 0.792. The molecule has 0 aliphatic carbocycles. The Balaban J connectivity index is 2.11. The zero-order valence-corrected chi connectivity index (χ0v) is 12.5. The van der Waals surface area contributed by atoms with Crippen LogP contribution in [0.4, 0.5) is 5.82 Å². The molecule has 4 nitrogen and oxygen atoms in total. The summed E-state index contributed by atoms with van der Waals surface area (Å²) in [7, 11) is 2.06. The summed E-state index contributed by atoms with van der Waals surface area (Å²) < 4.78 is 0. The van der Waals surface area contributed by atoms with Crippen LogP contribution < -0.4 is 10.2 Å². The summed E-state index contributed by atoms with van der Waals surface area (Å²) in [4.78, 5) is 11.2. The zero-order chi connectivity index (χ0) is 13.7. The summed E-state index contributed by atoms with van der Waals surface area (Å²) in [6, 6.07) is 4.10. The number of aromatic nitrogens is 2. The number of pyridine rings is 1. The molecule has 2 heterocycles. The summed E-state index contributed by atoms with van der Waals surface area (Å²) in [6.45, 7) is 6.74. The lowest BCUT2D eigenvalue weighted by molar-refractivity contribution is 0.718. The maximum Gasteiger partial charge on any atom is 0.133 e. The first-order valence-corrected chi connectivity index (χ1v) is 7.35. The molecule has 0 saturated carbocycles. The maximum absolute atomic E-state index is 4.50. The van der Waals surface area contributed by atoms with Crippen molar-refractivity contribution in [2.45, 2.75) is 26.9 Å². The highest BCUT2D eigenvalue weighted by atomic mass is 32.1. The van der Waals surface area contributed by atoms with Gasteiger partial charge in [-0.05, 0) is 19.5 Å². The molecule has 0 spiro atoms. The summed E-state index contributed by atoms with van der Waals surface area (Å²) in [5.74, 6) is 1.02. The standard InChI is InChI=1S/C14H20N4S/c1-4-15-8-12-6-5-7-16-14(12)18(3)9-13-10-19-11(2)17-13/h5-7,10,15H,4,8-9H2,1-3H3. The largest absolute Gasteiger partial charge is 0.353 e. The molecule has 0 fully saturated rings. The molecule has 102 valence electrons. The molecule has 0 amide bonds. The Morgan fingerprint density at radius 3 is 2.95 bits per heavy atom. The fraction of sp³-hybridized carbons (Fsp3) is 0.429. The van der Waals surface area contributed by atoms with Crippen LogP contribution >= 0.6 is 11.3 Å². The van der Waals surface area contributed by atoms with E-state index in [0.29, 0.717) is 0 Å². The van der Waals surface area contributed by atoms with Gasteiger partial charge in [-0.3, -0.25) is 0 Å². The Morgan fingerprint density at radius 1 is 1.42 bits per heavy atom. The average molecular weight is 276 g/mol. The molecule has 0 aliphatic heterocycles. The molecular weight excluding hydrogens is 256 g/mol. The van der Waals surface area contributed by atoms with Gasteiger partial charge in [-0.1, -0.05) is 13.0 Å². The fourth-order valence-corrected chi connectivity index (χ4v) is 2.57. The van der Waals surface area contributed by atoms with E-state index >= 15 is 0 Å². The van der Waals surface area contributed by atoms with Crippen molar-refractivity contribution < 1.29 is 0 Å². The van der Waals surface area contributed by atoms with Gasteiger partial charge in [0.05, 0.1) is 17.2 Å². The number of nitrogens with one attached hydrogen (secondary N) is 1. The first-order valence-electron chi connectivity index (χ1n) is 6.47. The van der Waals surface area contributed by atoms with Crippen LogP contribution in [-0.2, 0) is 13.1 Å². The molecule has 0 aromatic carbocycles. The van der Waals surface area contributed by atoms with Crippen molar-refractivity contribution in [3.8, 4) is 0 Å². The lowest BCUT2D eigenvalue weighted by Crippen LogP contribution is -2.22. The summed E-state index contributed by atoms with van der Waals surface area (Å²) in [5, 5.41) is 6.57. The lowest BCUT2D eigenvalue weighted by Gasteiger charge is -2.20. The van der Waals surface area contributed by atoms with E-state index < -0.39 is 0 Å². The Labute approximate surface area is 118 Å². The first kappa shape index (κ1) is 14.0. The molecule has 1 N–H and O–H groups in total. The van der Waals surface area contributed by atoms with Crippen molar-refractivity contribution in [1.29, 1.82) is 0 Å². The van der Waals surface area contributed by atoms with Gasteiger partial charge in [-0.15, -0.1) is 11.3 Å². The van der Waals surface area contributed by atoms with E-state index in [1.54, 1.807) is 11.3 Å². The number of nitrogens with zero attached hydrogens (tertiary/aromatic N) is 3. The third-order valence-corrected chi connectivity index (χ3v) is 3.68. The Bertz CT molecular complexity index is 524. The van der Waals surface area contributed by atoms with E-state index in [2.05, 4.69) is 45.6 Å². The molecule has 2 rings (SSSR count). The van der Waals surface area contributed by atoms with Gasteiger partial charge in [0, 0.05) is 30.7 Å². The number of anilines is 1. The van der Waals surface area contributed by atoms with Crippen molar-refractivity contribution in [3.63, 3.8) is 0 Å². The lowest BCUT2D eigenvalue weighted by atomic mass is 10.2. The smallest absolute Gasteiger partial charge is 0.133 e. The zero-order valence-electron chi connectivity index (χ0n) is 11.7. The minimum atomic E-state index is 0.792. The molecule has 0 bridgehead atoms. The number of hydrogen-bond donors (Lipinski definition) is 1. The van der Waals surface area contributed by atoms with E-state index in [4.69, 9.17) is 0 Å².